The van der Waals surface area contributed by atoms with Crippen LogP contribution in [-0.4, -0.2) is 10.5 Å². The molecule has 0 spiro atoms. The lowest BCUT2D eigenvalue weighted by molar-refractivity contribution is 0.0937. The Labute approximate surface area is 139 Å². The van der Waals surface area contributed by atoms with E-state index >= 15 is 0 Å². The first-order valence-corrected chi connectivity index (χ1v) is 9.02. The number of aryl methyl sites for hydroxylation is 1. The first-order valence-electron chi connectivity index (χ1n) is 8.14. The average Bonchev–Trinajstić information content (AvgIpc) is 3.28. The molecule has 0 atom stereocenters. The van der Waals surface area contributed by atoms with Crippen LogP contribution < -0.4 is 5.32 Å². The first kappa shape index (κ1) is 14.6. The number of nitrogens with one attached hydrogen (secondary N) is 1. The standard InChI is InChI=1S/C18H20N2O2S/c1-12-6-7-14(22-12)11-19-18(21)16-10-17-15(8-9-23-17)20(16)13-4-2-3-5-13/h6-10,13H,2-5,11H2,1H3,(H,19,21). The van der Waals surface area contributed by atoms with Crippen molar-refractivity contribution in [2.24, 2.45) is 0 Å². The summed E-state index contributed by atoms with van der Waals surface area (Å²) >= 11 is 1.70. The number of hydrogen-bond donors (Lipinski definition) is 1. The lowest BCUT2D eigenvalue weighted by Gasteiger charge is -2.17. The highest BCUT2D eigenvalue weighted by Gasteiger charge is 2.24. The maximum absolute atomic E-state index is 12.7. The van der Waals surface area contributed by atoms with E-state index in [1.54, 1.807) is 11.3 Å². The Morgan fingerprint density at radius 1 is 1.35 bits per heavy atom. The monoisotopic (exact) mass is 328 g/mol. The van der Waals surface area contributed by atoms with E-state index in [9.17, 15) is 4.79 Å². The molecule has 4 rings (SSSR count). The van der Waals surface area contributed by atoms with Crippen molar-refractivity contribution >= 4 is 27.5 Å². The van der Waals surface area contributed by atoms with Gasteiger partial charge >= 0.3 is 0 Å². The molecule has 4 nitrogen and oxygen atoms in total. The third-order valence-corrected chi connectivity index (χ3v) is 5.46. The Morgan fingerprint density at radius 2 is 2.17 bits per heavy atom. The van der Waals surface area contributed by atoms with Crippen LogP contribution in [0.15, 0.2) is 34.1 Å². The van der Waals surface area contributed by atoms with E-state index in [-0.39, 0.29) is 5.91 Å². The number of thiophene rings is 1. The lowest BCUT2D eigenvalue weighted by Crippen LogP contribution is -2.26. The molecule has 1 saturated carbocycles. The lowest BCUT2D eigenvalue weighted by atomic mass is 10.2. The van der Waals surface area contributed by atoms with Gasteiger partial charge in [-0.1, -0.05) is 12.8 Å². The Morgan fingerprint density at radius 3 is 2.91 bits per heavy atom. The normalized spacial score (nSPS) is 15.5. The van der Waals surface area contributed by atoms with Gasteiger partial charge in [-0.3, -0.25) is 4.79 Å². The predicted octanol–water partition coefficient (Wildman–Crippen LogP) is 4.65. The number of furan rings is 1. The van der Waals surface area contributed by atoms with Crippen LogP contribution in [0.1, 0.15) is 53.7 Å². The number of rotatable bonds is 4. The Hall–Kier alpha value is -2.01. The van der Waals surface area contributed by atoms with Gasteiger partial charge in [-0.15, -0.1) is 11.3 Å². The average molecular weight is 328 g/mol. The van der Waals surface area contributed by atoms with E-state index in [0.717, 1.165) is 30.1 Å². The topological polar surface area (TPSA) is 47.2 Å². The summed E-state index contributed by atoms with van der Waals surface area (Å²) in [5, 5.41) is 5.09. The number of nitrogens with zero attached hydrogens (tertiary/aromatic N) is 1. The van der Waals surface area contributed by atoms with Crippen molar-refractivity contribution in [2.75, 3.05) is 0 Å². The molecule has 120 valence electrons. The van der Waals surface area contributed by atoms with E-state index in [1.807, 2.05) is 25.1 Å². The summed E-state index contributed by atoms with van der Waals surface area (Å²) in [6.07, 6.45) is 4.83. The number of amides is 1. The molecule has 0 saturated heterocycles. The number of hydrogen-bond acceptors (Lipinski definition) is 3. The summed E-state index contributed by atoms with van der Waals surface area (Å²) in [7, 11) is 0. The van der Waals surface area contributed by atoms with Gasteiger partial charge in [-0.2, -0.15) is 0 Å². The second kappa shape index (κ2) is 5.89. The third kappa shape index (κ3) is 2.70. The number of fused-ring (bicyclic) bond motifs is 1. The smallest absolute Gasteiger partial charge is 0.268 e. The summed E-state index contributed by atoms with van der Waals surface area (Å²) < 4.78 is 8.97. The van der Waals surface area contributed by atoms with Crippen LogP contribution in [0.25, 0.3) is 10.2 Å². The van der Waals surface area contributed by atoms with E-state index in [1.165, 1.54) is 23.1 Å². The molecule has 0 radical (unpaired) electrons. The molecule has 3 heterocycles. The third-order valence-electron chi connectivity index (χ3n) is 4.60. The van der Waals surface area contributed by atoms with Crippen molar-refractivity contribution in [2.45, 2.75) is 45.2 Å². The molecule has 23 heavy (non-hydrogen) atoms. The fraction of sp³-hybridized carbons (Fsp3) is 0.389. The summed E-state index contributed by atoms with van der Waals surface area (Å²) in [4.78, 5) is 12.7. The molecule has 1 aliphatic carbocycles. The molecule has 1 N–H and O–H groups in total. The van der Waals surface area contributed by atoms with Gasteiger partial charge in [0.2, 0.25) is 0 Å². The molecule has 0 unspecified atom stereocenters. The summed E-state index contributed by atoms with van der Waals surface area (Å²) in [5.74, 6) is 1.63. The Kier molecular flexibility index (Phi) is 3.73. The first-order chi connectivity index (χ1) is 11.2. The van der Waals surface area contributed by atoms with Crippen LogP contribution in [0.3, 0.4) is 0 Å². The molecule has 3 aromatic rings. The van der Waals surface area contributed by atoms with E-state index in [2.05, 4.69) is 21.3 Å². The summed E-state index contributed by atoms with van der Waals surface area (Å²) in [6, 6.07) is 8.43. The minimum Gasteiger partial charge on any atom is -0.465 e. The molecule has 1 fully saturated rings. The molecule has 1 amide bonds. The van der Waals surface area contributed by atoms with Crippen LogP contribution in [-0.2, 0) is 6.54 Å². The minimum absolute atomic E-state index is 0.0191. The number of carbonyl (C=O) groups is 1. The molecule has 3 aromatic heterocycles. The van der Waals surface area contributed by atoms with Crippen molar-refractivity contribution in [1.29, 1.82) is 0 Å². The highest BCUT2D eigenvalue weighted by Crippen LogP contribution is 2.36. The van der Waals surface area contributed by atoms with Gasteiger partial charge in [0.05, 0.1) is 16.8 Å². The van der Waals surface area contributed by atoms with Crippen molar-refractivity contribution in [3.63, 3.8) is 0 Å². The van der Waals surface area contributed by atoms with Crippen molar-refractivity contribution < 1.29 is 9.21 Å². The second-order valence-corrected chi connectivity index (χ2v) is 7.15. The molecule has 5 heteroatoms. The summed E-state index contributed by atoms with van der Waals surface area (Å²) in [6.45, 7) is 2.33. The Balaban J connectivity index is 1.60. The van der Waals surface area contributed by atoms with Gasteiger partial charge in [0.15, 0.2) is 0 Å². The van der Waals surface area contributed by atoms with Crippen LogP contribution in [0.5, 0.6) is 0 Å². The largest absolute Gasteiger partial charge is 0.465 e. The molecular weight excluding hydrogens is 308 g/mol. The fourth-order valence-corrected chi connectivity index (χ4v) is 4.32. The van der Waals surface area contributed by atoms with Gasteiger partial charge in [0.1, 0.15) is 17.2 Å². The number of aromatic nitrogens is 1. The van der Waals surface area contributed by atoms with E-state index in [4.69, 9.17) is 4.42 Å². The van der Waals surface area contributed by atoms with Gasteiger partial charge < -0.3 is 14.3 Å². The molecular formula is C18H20N2O2S. The van der Waals surface area contributed by atoms with Crippen molar-refractivity contribution in [3.8, 4) is 0 Å². The summed E-state index contributed by atoms with van der Waals surface area (Å²) in [5.41, 5.74) is 1.97. The highest BCUT2D eigenvalue weighted by atomic mass is 32.1. The maximum atomic E-state index is 12.7. The van der Waals surface area contributed by atoms with Crippen LogP contribution in [0.4, 0.5) is 0 Å². The minimum atomic E-state index is -0.0191. The predicted molar refractivity (Wildman–Crippen MR) is 91.9 cm³/mol. The Bertz CT molecular complexity index is 836. The highest BCUT2D eigenvalue weighted by molar-refractivity contribution is 7.17. The van der Waals surface area contributed by atoms with E-state index < -0.39 is 0 Å². The fourth-order valence-electron chi connectivity index (χ4n) is 3.51. The second-order valence-electron chi connectivity index (χ2n) is 6.20. The quantitative estimate of drug-likeness (QED) is 0.758. The van der Waals surface area contributed by atoms with Crippen molar-refractivity contribution in [3.05, 3.63) is 46.9 Å². The molecule has 0 aromatic carbocycles. The maximum Gasteiger partial charge on any atom is 0.268 e. The molecule has 1 aliphatic rings. The van der Waals surface area contributed by atoms with E-state index in [0.29, 0.717) is 12.6 Å². The van der Waals surface area contributed by atoms with Gasteiger partial charge in [0, 0.05) is 6.04 Å². The van der Waals surface area contributed by atoms with Crippen LogP contribution >= 0.6 is 11.3 Å². The van der Waals surface area contributed by atoms with Crippen molar-refractivity contribution in [1.82, 2.24) is 9.88 Å². The van der Waals surface area contributed by atoms with Crippen LogP contribution in [0.2, 0.25) is 0 Å². The van der Waals surface area contributed by atoms with Crippen LogP contribution in [0, 0.1) is 6.92 Å². The zero-order valence-electron chi connectivity index (χ0n) is 13.2. The number of carbonyl (C=O) groups excluding carboxylic acids is 1. The zero-order chi connectivity index (χ0) is 15.8. The zero-order valence-corrected chi connectivity index (χ0v) is 14.0. The van der Waals surface area contributed by atoms with Gasteiger partial charge in [0.25, 0.3) is 5.91 Å². The van der Waals surface area contributed by atoms with Gasteiger partial charge in [-0.05, 0) is 49.4 Å². The molecule has 0 bridgehead atoms. The SMILES string of the molecule is Cc1ccc(CNC(=O)c2cc3sccc3n2C2CCCC2)o1. The molecule has 0 aliphatic heterocycles. The van der Waals surface area contributed by atoms with Gasteiger partial charge in [-0.25, -0.2) is 0 Å².